The van der Waals surface area contributed by atoms with Crippen LogP contribution in [0.1, 0.15) is 16.8 Å². The fraction of sp³-hybridized carbons (Fsp3) is 0.167. The normalized spacial score (nSPS) is 10.4. The zero-order valence-corrected chi connectivity index (χ0v) is 10.1. The van der Waals surface area contributed by atoms with E-state index >= 15 is 0 Å². The zero-order chi connectivity index (χ0) is 12.4. The van der Waals surface area contributed by atoms with Gasteiger partial charge in [-0.1, -0.05) is 18.2 Å². The molecule has 2 aromatic rings. The minimum atomic E-state index is -0.213. The molecule has 88 valence electrons. The minimum absolute atomic E-state index is 0.189. The van der Waals surface area contributed by atoms with E-state index < -0.39 is 0 Å². The van der Waals surface area contributed by atoms with Gasteiger partial charge in [-0.05, 0) is 30.8 Å². The summed E-state index contributed by atoms with van der Waals surface area (Å²) >= 11 is 4.88. The van der Waals surface area contributed by atoms with Gasteiger partial charge in [0.2, 0.25) is 0 Å². The fourth-order valence-corrected chi connectivity index (χ4v) is 1.94. The van der Waals surface area contributed by atoms with E-state index in [1.54, 1.807) is 25.1 Å². The maximum absolute atomic E-state index is 11.8. The third-order valence-electron chi connectivity index (χ3n) is 2.61. The second-order valence-corrected chi connectivity index (χ2v) is 4.23. The minimum Gasteiger partial charge on any atom is -0.508 e. The molecule has 3 N–H and O–H groups in total. The molecule has 0 atom stereocenters. The Morgan fingerprint density at radius 2 is 2.00 bits per heavy atom. The first-order valence-corrected chi connectivity index (χ1v) is 5.57. The van der Waals surface area contributed by atoms with Crippen LogP contribution in [0, 0.1) is 11.7 Å². The molecule has 0 fully saturated rings. The molecule has 5 heteroatoms. The summed E-state index contributed by atoms with van der Waals surface area (Å²) in [6, 6.07) is 6.96. The highest BCUT2D eigenvalue weighted by atomic mass is 32.1. The standard InChI is InChI=1S/C12H12N2O2S/c1-7-9(11(16)14-12(17)13-7)6-8-4-2-3-5-10(8)15/h2-5,15H,6H2,1H3,(H2,13,14,16,17). The number of benzene rings is 1. The van der Waals surface area contributed by atoms with E-state index in [2.05, 4.69) is 9.97 Å². The molecule has 0 saturated carbocycles. The van der Waals surface area contributed by atoms with Crippen molar-refractivity contribution in [1.29, 1.82) is 0 Å². The van der Waals surface area contributed by atoms with E-state index in [1.165, 1.54) is 0 Å². The Bertz CT molecular complexity index is 658. The van der Waals surface area contributed by atoms with Gasteiger partial charge in [0.15, 0.2) is 4.77 Å². The maximum atomic E-state index is 11.8. The number of phenolic OH excluding ortho intramolecular Hbond substituents is 1. The van der Waals surface area contributed by atoms with Gasteiger partial charge in [0.05, 0.1) is 0 Å². The quantitative estimate of drug-likeness (QED) is 0.712. The van der Waals surface area contributed by atoms with Crippen LogP contribution < -0.4 is 5.56 Å². The second kappa shape index (κ2) is 4.55. The van der Waals surface area contributed by atoms with Crippen LogP contribution >= 0.6 is 12.2 Å². The molecule has 1 aromatic carbocycles. The molecule has 0 radical (unpaired) electrons. The lowest BCUT2D eigenvalue weighted by Gasteiger charge is -2.06. The molecule has 0 aliphatic carbocycles. The molecule has 0 amide bonds. The number of hydrogen-bond acceptors (Lipinski definition) is 3. The van der Waals surface area contributed by atoms with Gasteiger partial charge in [-0.2, -0.15) is 0 Å². The van der Waals surface area contributed by atoms with Crippen molar-refractivity contribution in [3.8, 4) is 5.75 Å². The first-order chi connectivity index (χ1) is 8.08. The Balaban J connectivity index is 2.48. The summed E-state index contributed by atoms with van der Waals surface area (Å²) in [6.45, 7) is 1.79. The lowest BCUT2D eigenvalue weighted by molar-refractivity contribution is 0.469. The van der Waals surface area contributed by atoms with Gasteiger partial charge in [0, 0.05) is 17.7 Å². The first kappa shape index (κ1) is 11.6. The Kier molecular flexibility index (Phi) is 3.10. The Labute approximate surface area is 103 Å². The number of aromatic amines is 2. The number of aryl methyl sites for hydroxylation is 1. The molecule has 0 unspecified atom stereocenters. The molecule has 4 nitrogen and oxygen atoms in total. The topological polar surface area (TPSA) is 68.9 Å². The van der Waals surface area contributed by atoms with E-state index in [0.29, 0.717) is 22.3 Å². The molecule has 1 aromatic heterocycles. The smallest absolute Gasteiger partial charge is 0.255 e. The lowest BCUT2D eigenvalue weighted by atomic mass is 10.0. The molecular weight excluding hydrogens is 236 g/mol. The highest BCUT2D eigenvalue weighted by molar-refractivity contribution is 7.71. The second-order valence-electron chi connectivity index (χ2n) is 3.82. The highest BCUT2D eigenvalue weighted by Gasteiger charge is 2.08. The molecule has 1 heterocycles. The van der Waals surface area contributed by atoms with E-state index in [-0.39, 0.29) is 11.3 Å². The molecule has 2 rings (SSSR count). The predicted molar refractivity (Wildman–Crippen MR) is 67.9 cm³/mol. The van der Waals surface area contributed by atoms with Crippen LogP contribution in [0.3, 0.4) is 0 Å². The van der Waals surface area contributed by atoms with Crippen molar-refractivity contribution in [2.75, 3.05) is 0 Å². The SMILES string of the molecule is Cc1[nH]c(=S)[nH]c(=O)c1Cc1ccccc1O. The Morgan fingerprint density at radius 3 is 2.65 bits per heavy atom. The monoisotopic (exact) mass is 248 g/mol. The van der Waals surface area contributed by atoms with Crippen LogP contribution in [0.15, 0.2) is 29.1 Å². The fourth-order valence-electron chi connectivity index (χ4n) is 1.69. The van der Waals surface area contributed by atoms with Crippen LogP contribution in [0.25, 0.3) is 0 Å². The molecule has 17 heavy (non-hydrogen) atoms. The van der Waals surface area contributed by atoms with Gasteiger partial charge in [-0.3, -0.25) is 9.78 Å². The van der Waals surface area contributed by atoms with Crippen LogP contribution in [-0.2, 0) is 6.42 Å². The number of nitrogens with one attached hydrogen (secondary N) is 2. The van der Waals surface area contributed by atoms with Gasteiger partial charge < -0.3 is 10.1 Å². The molecule has 0 aliphatic rings. The van der Waals surface area contributed by atoms with Gasteiger partial charge in [-0.25, -0.2) is 0 Å². The number of aromatic hydroxyl groups is 1. The predicted octanol–water partition coefficient (Wildman–Crippen LogP) is 2.04. The summed E-state index contributed by atoms with van der Waals surface area (Å²) in [4.78, 5) is 17.2. The molecule has 0 saturated heterocycles. The summed E-state index contributed by atoms with van der Waals surface area (Å²) < 4.78 is 0.313. The van der Waals surface area contributed by atoms with Crippen molar-refractivity contribution >= 4 is 12.2 Å². The van der Waals surface area contributed by atoms with Crippen LogP contribution in [0.2, 0.25) is 0 Å². The average molecular weight is 248 g/mol. The number of rotatable bonds is 2. The average Bonchev–Trinajstić information content (AvgIpc) is 2.25. The van der Waals surface area contributed by atoms with Crippen molar-refractivity contribution in [3.05, 3.63) is 56.2 Å². The van der Waals surface area contributed by atoms with E-state index in [4.69, 9.17) is 12.2 Å². The number of para-hydroxylation sites is 1. The van der Waals surface area contributed by atoms with Gasteiger partial charge >= 0.3 is 0 Å². The van der Waals surface area contributed by atoms with Crippen molar-refractivity contribution in [2.24, 2.45) is 0 Å². The van der Waals surface area contributed by atoms with E-state index in [9.17, 15) is 9.90 Å². The molecule has 0 bridgehead atoms. The van der Waals surface area contributed by atoms with E-state index in [1.807, 2.05) is 6.07 Å². The Hall–Kier alpha value is -1.88. The third kappa shape index (κ3) is 2.45. The number of hydrogen-bond donors (Lipinski definition) is 3. The van der Waals surface area contributed by atoms with Gasteiger partial charge in [-0.15, -0.1) is 0 Å². The zero-order valence-electron chi connectivity index (χ0n) is 9.28. The molecule has 0 spiro atoms. The van der Waals surface area contributed by atoms with Crippen LogP contribution in [-0.4, -0.2) is 15.1 Å². The van der Waals surface area contributed by atoms with Crippen molar-refractivity contribution < 1.29 is 5.11 Å². The number of aromatic nitrogens is 2. The van der Waals surface area contributed by atoms with Crippen molar-refractivity contribution in [3.63, 3.8) is 0 Å². The van der Waals surface area contributed by atoms with Crippen LogP contribution in [0.4, 0.5) is 0 Å². The van der Waals surface area contributed by atoms with Crippen molar-refractivity contribution in [1.82, 2.24) is 9.97 Å². The maximum Gasteiger partial charge on any atom is 0.255 e. The first-order valence-electron chi connectivity index (χ1n) is 5.17. The lowest BCUT2D eigenvalue weighted by Crippen LogP contribution is -2.16. The summed E-state index contributed by atoms with van der Waals surface area (Å²) in [5.74, 6) is 0.189. The third-order valence-corrected chi connectivity index (χ3v) is 2.82. The van der Waals surface area contributed by atoms with Crippen molar-refractivity contribution in [2.45, 2.75) is 13.3 Å². The number of H-pyrrole nitrogens is 2. The van der Waals surface area contributed by atoms with Gasteiger partial charge in [0.1, 0.15) is 5.75 Å². The molecular formula is C12H12N2O2S. The Morgan fingerprint density at radius 1 is 1.29 bits per heavy atom. The largest absolute Gasteiger partial charge is 0.508 e. The van der Waals surface area contributed by atoms with Crippen LogP contribution in [0.5, 0.6) is 5.75 Å². The summed E-state index contributed by atoms with van der Waals surface area (Å²) in [6.07, 6.45) is 0.375. The highest BCUT2D eigenvalue weighted by Crippen LogP contribution is 2.18. The number of phenols is 1. The summed E-state index contributed by atoms with van der Waals surface area (Å²) in [5.41, 5.74) is 1.81. The summed E-state index contributed by atoms with van der Waals surface area (Å²) in [7, 11) is 0. The molecule has 0 aliphatic heterocycles. The summed E-state index contributed by atoms with van der Waals surface area (Å²) in [5, 5.41) is 9.67. The van der Waals surface area contributed by atoms with E-state index in [0.717, 1.165) is 5.69 Å². The van der Waals surface area contributed by atoms with Gasteiger partial charge in [0.25, 0.3) is 5.56 Å².